The van der Waals surface area contributed by atoms with Crippen LogP contribution >= 0.6 is 0 Å². The highest BCUT2D eigenvalue weighted by atomic mass is 14.9. The van der Waals surface area contributed by atoms with E-state index in [2.05, 4.69) is 59.0 Å². The van der Waals surface area contributed by atoms with Gasteiger partial charge in [0, 0.05) is 6.04 Å². The zero-order valence-corrected chi connectivity index (χ0v) is 15.1. The molecule has 0 fully saturated rings. The first-order valence-electron chi connectivity index (χ1n) is 8.98. The summed E-state index contributed by atoms with van der Waals surface area (Å²) in [6.07, 6.45) is 5.92. The minimum atomic E-state index is 0.515. The standard InChI is InChI=1S/C20H35N/c1-7-15(6)12-19(21-11-5)20-17(9-3)13-16(8-2)14-18(20)10-4/h13-15,19,21H,7-12H2,1-6H3. The minimum absolute atomic E-state index is 0.515. The quantitative estimate of drug-likeness (QED) is 0.636. The summed E-state index contributed by atoms with van der Waals surface area (Å²) in [5, 5.41) is 3.75. The maximum absolute atomic E-state index is 3.75. The van der Waals surface area contributed by atoms with Crippen molar-refractivity contribution in [2.75, 3.05) is 6.54 Å². The molecule has 0 aliphatic carbocycles. The Labute approximate surface area is 132 Å². The second-order valence-electron chi connectivity index (χ2n) is 6.25. The highest BCUT2D eigenvalue weighted by molar-refractivity contribution is 5.42. The van der Waals surface area contributed by atoms with Gasteiger partial charge in [-0.2, -0.15) is 0 Å². The van der Waals surface area contributed by atoms with Gasteiger partial charge in [0.05, 0.1) is 0 Å². The van der Waals surface area contributed by atoms with Gasteiger partial charge < -0.3 is 5.32 Å². The molecule has 2 atom stereocenters. The van der Waals surface area contributed by atoms with Gasteiger partial charge in [-0.15, -0.1) is 0 Å². The predicted octanol–water partition coefficient (Wildman–Crippen LogP) is 5.46. The molecule has 0 amide bonds. The summed E-state index contributed by atoms with van der Waals surface area (Å²) in [4.78, 5) is 0. The summed E-state index contributed by atoms with van der Waals surface area (Å²) < 4.78 is 0. The number of rotatable bonds is 9. The molecule has 0 aromatic heterocycles. The largest absolute Gasteiger partial charge is 0.310 e. The molecular weight excluding hydrogens is 254 g/mol. The first kappa shape index (κ1) is 18.2. The van der Waals surface area contributed by atoms with Gasteiger partial charge in [-0.1, -0.05) is 60.1 Å². The molecule has 1 heteroatoms. The second-order valence-corrected chi connectivity index (χ2v) is 6.25. The van der Waals surface area contributed by atoms with E-state index in [4.69, 9.17) is 0 Å². The number of hydrogen-bond donors (Lipinski definition) is 1. The molecule has 1 aromatic carbocycles. The van der Waals surface area contributed by atoms with Crippen LogP contribution in [0, 0.1) is 5.92 Å². The fraction of sp³-hybridized carbons (Fsp3) is 0.700. The van der Waals surface area contributed by atoms with Gasteiger partial charge in [-0.3, -0.25) is 0 Å². The molecule has 2 unspecified atom stereocenters. The number of benzene rings is 1. The third-order valence-corrected chi connectivity index (χ3v) is 4.72. The van der Waals surface area contributed by atoms with Crippen molar-refractivity contribution in [2.45, 2.75) is 79.7 Å². The van der Waals surface area contributed by atoms with Gasteiger partial charge >= 0.3 is 0 Å². The number of nitrogens with one attached hydrogen (secondary N) is 1. The van der Waals surface area contributed by atoms with Crippen LogP contribution in [0.5, 0.6) is 0 Å². The topological polar surface area (TPSA) is 12.0 Å². The first-order chi connectivity index (χ1) is 10.1. The van der Waals surface area contributed by atoms with Gasteiger partial charge in [0.2, 0.25) is 0 Å². The van der Waals surface area contributed by atoms with Gasteiger partial charge in [-0.05, 0) is 60.4 Å². The van der Waals surface area contributed by atoms with Gasteiger partial charge in [0.25, 0.3) is 0 Å². The highest BCUT2D eigenvalue weighted by Crippen LogP contribution is 2.31. The molecule has 1 nitrogen and oxygen atoms in total. The monoisotopic (exact) mass is 289 g/mol. The Balaban J connectivity index is 3.26. The Morgan fingerprint density at radius 2 is 1.48 bits per heavy atom. The van der Waals surface area contributed by atoms with E-state index in [1.54, 1.807) is 16.7 Å². The fourth-order valence-corrected chi connectivity index (χ4v) is 3.21. The molecule has 0 radical (unpaired) electrons. The Morgan fingerprint density at radius 3 is 1.86 bits per heavy atom. The molecule has 120 valence electrons. The van der Waals surface area contributed by atoms with Gasteiger partial charge in [0.15, 0.2) is 0 Å². The van der Waals surface area contributed by atoms with Crippen LogP contribution in [0.2, 0.25) is 0 Å². The van der Waals surface area contributed by atoms with Crippen LogP contribution < -0.4 is 5.32 Å². The zero-order chi connectivity index (χ0) is 15.8. The van der Waals surface area contributed by atoms with Crippen molar-refractivity contribution in [3.8, 4) is 0 Å². The second kappa shape index (κ2) is 9.25. The average Bonchev–Trinajstić information content (AvgIpc) is 2.52. The first-order valence-corrected chi connectivity index (χ1v) is 8.98. The van der Waals surface area contributed by atoms with Crippen molar-refractivity contribution in [3.63, 3.8) is 0 Å². The van der Waals surface area contributed by atoms with E-state index in [-0.39, 0.29) is 0 Å². The van der Waals surface area contributed by atoms with Crippen molar-refractivity contribution in [3.05, 3.63) is 34.4 Å². The molecule has 1 aromatic rings. The Hall–Kier alpha value is -0.820. The van der Waals surface area contributed by atoms with Crippen molar-refractivity contribution in [2.24, 2.45) is 5.92 Å². The zero-order valence-electron chi connectivity index (χ0n) is 15.1. The van der Waals surface area contributed by atoms with E-state index in [1.807, 2.05) is 0 Å². The Morgan fingerprint density at radius 1 is 0.905 bits per heavy atom. The summed E-state index contributed by atoms with van der Waals surface area (Å²) in [6.45, 7) is 14.8. The van der Waals surface area contributed by atoms with E-state index < -0.39 is 0 Å². The van der Waals surface area contributed by atoms with Crippen LogP contribution in [0.3, 0.4) is 0 Å². The highest BCUT2D eigenvalue weighted by Gasteiger charge is 2.20. The molecule has 0 aliphatic rings. The van der Waals surface area contributed by atoms with Crippen LogP contribution in [0.4, 0.5) is 0 Å². The lowest BCUT2D eigenvalue weighted by Gasteiger charge is -2.27. The van der Waals surface area contributed by atoms with Crippen molar-refractivity contribution >= 4 is 0 Å². The smallest absolute Gasteiger partial charge is 0.0328 e. The van der Waals surface area contributed by atoms with Crippen LogP contribution in [-0.4, -0.2) is 6.54 Å². The van der Waals surface area contributed by atoms with E-state index in [9.17, 15) is 0 Å². The molecule has 0 saturated heterocycles. The summed E-state index contributed by atoms with van der Waals surface area (Å²) >= 11 is 0. The van der Waals surface area contributed by atoms with Gasteiger partial charge in [-0.25, -0.2) is 0 Å². The lowest BCUT2D eigenvalue weighted by Crippen LogP contribution is -2.25. The molecule has 1 N–H and O–H groups in total. The Kier molecular flexibility index (Phi) is 8.03. The molecule has 0 bridgehead atoms. The van der Waals surface area contributed by atoms with Crippen LogP contribution in [0.1, 0.15) is 82.7 Å². The van der Waals surface area contributed by atoms with E-state index >= 15 is 0 Å². The van der Waals surface area contributed by atoms with Crippen LogP contribution in [-0.2, 0) is 19.3 Å². The lowest BCUT2D eigenvalue weighted by atomic mass is 9.85. The fourth-order valence-electron chi connectivity index (χ4n) is 3.21. The van der Waals surface area contributed by atoms with Crippen molar-refractivity contribution in [1.82, 2.24) is 5.32 Å². The Bertz CT molecular complexity index is 397. The molecule has 0 saturated carbocycles. The summed E-state index contributed by atoms with van der Waals surface area (Å²) in [5.74, 6) is 0.773. The third-order valence-electron chi connectivity index (χ3n) is 4.72. The molecule has 0 heterocycles. The van der Waals surface area contributed by atoms with Crippen molar-refractivity contribution in [1.29, 1.82) is 0 Å². The van der Waals surface area contributed by atoms with Crippen LogP contribution in [0.25, 0.3) is 0 Å². The maximum Gasteiger partial charge on any atom is 0.0328 e. The maximum atomic E-state index is 3.75. The normalized spacial score (nSPS) is 14.2. The lowest BCUT2D eigenvalue weighted by molar-refractivity contribution is 0.405. The SMILES string of the molecule is CCNC(CC(C)CC)c1c(CC)cc(CC)cc1CC. The summed E-state index contributed by atoms with van der Waals surface area (Å²) in [5.41, 5.74) is 6.20. The molecular formula is C20H35N. The average molecular weight is 290 g/mol. The summed E-state index contributed by atoms with van der Waals surface area (Å²) in [6, 6.07) is 5.39. The van der Waals surface area contributed by atoms with E-state index in [0.717, 1.165) is 31.7 Å². The molecule has 1 rings (SSSR count). The van der Waals surface area contributed by atoms with E-state index in [1.165, 1.54) is 18.4 Å². The third kappa shape index (κ3) is 4.85. The number of hydrogen-bond acceptors (Lipinski definition) is 1. The van der Waals surface area contributed by atoms with Crippen LogP contribution in [0.15, 0.2) is 12.1 Å². The minimum Gasteiger partial charge on any atom is -0.310 e. The molecule has 0 spiro atoms. The molecule has 21 heavy (non-hydrogen) atoms. The van der Waals surface area contributed by atoms with E-state index in [0.29, 0.717) is 6.04 Å². The van der Waals surface area contributed by atoms with Crippen molar-refractivity contribution < 1.29 is 0 Å². The molecule has 0 aliphatic heterocycles. The number of aryl methyl sites for hydroxylation is 3. The summed E-state index contributed by atoms with van der Waals surface area (Å²) in [7, 11) is 0. The van der Waals surface area contributed by atoms with Gasteiger partial charge in [0.1, 0.15) is 0 Å². The predicted molar refractivity (Wildman–Crippen MR) is 95.1 cm³/mol.